The maximum atomic E-state index is 12.5. The SMILES string of the molecule is O=C1CN(C(=O)COC(=O)CSc2ccc3c(c2)OCCO3)c2ccccc2N1. The number of nitrogens with one attached hydrogen (secondary N) is 1. The monoisotopic (exact) mass is 414 g/mol. The number of nitrogens with zero attached hydrogens (tertiary/aromatic N) is 1. The smallest absolute Gasteiger partial charge is 0.316 e. The molecule has 2 aromatic carbocycles. The summed E-state index contributed by atoms with van der Waals surface area (Å²) in [5.74, 6) is 0.103. The number of esters is 1. The molecule has 2 aromatic rings. The van der Waals surface area contributed by atoms with Gasteiger partial charge in [-0.1, -0.05) is 12.1 Å². The highest BCUT2D eigenvalue weighted by Crippen LogP contribution is 2.34. The summed E-state index contributed by atoms with van der Waals surface area (Å²) < 4.78 is 16.1. The van der Waals surface area contributed by atoms with Crippen LogP contribution in [-0.2, 0) is 19.1 Å². The first-order valence-corrected chi connectivity index (χ1v) is 9.96. The molecule has 0 saturated heterocycles. The number of rotatable bonds is 5. The topological polar surface area (TPSA) is 94.2 Å². The molecule has 150 valence electrons. The van der Waals surface area contributed by atoms with E-state index in [4.69, 9.17) is 14.2 Å². The minimum Gasteiger partial charge on any atom is -0.486 e. The van der Waals surface area contributed by atoms with E-state index in [0.29, 0.717) is 36.1 Å². The van der Waals surface area contributed by atoms with Crippen molar-refractivity contribution in [3.63, 3.8) is 0 Å². The molecule has 0 atom stereocenters. The highest BCUT2D eigenvalue weighted by Gasteiger charge is 2.27. The van der Waals surface area contributed by atoms with Gasteiger partial charge in [-0.2, -0.15) is 0 Å². The van der Waals surface area contributed by atoms with E-state index in [9.17, 15) is 14.4 Å². The molecule has 0 aliphatic carbocycles. The average Bonchev–Trinajstić information content (AvgIpc) is 2.75. The lowest BCUT2D eigenvalue weighted by atomic mass is 10.2. The molecule has 29 heavy (non-hydrogen) atoms. The molecule has 0 saturated carbocycles. The van der Waals surface area contributed by atoms with Gasteiger partial charge in [-0.3, -0.25) is 19.3 Å². The van der Waals surface area contributed by atoms with Crippen LogP contribution < -0.4 is 19.7 Å². The van der Waals surface area contributed by atoms with Crippen LogP contribution in [0.1, 0.15) is 0 Å². The molecular weight excluding hydrogens is 396 g/mol. The van der Waals surface area contributed by atoms with Crippen LogP contribution in [0.5, 0.6) is 11.5 Å². The van der Waals surface area contributed by atoms with Gasteiger partial charge in [-0.05, 0) is 30.3 Å². The first-order valence-electron chi connectivity index (χ1n) is 8.97. The number of thioether (sulfide) groups is 1. The Morgan fingerprint density at radius 2 is 1.90 bits per heavy atom. The van der Waals surface area contributed by atoms with Gasteiger partial charge in [0.2, 0.25) is 5.91 Å². The fraction of sp³-hybridized carbons (Fsp3) is 0.250. The lowest BCUT2D eigenvalue weighted by Crippen LogP contribution is -2.44. The third-order valence-corrected chi connectivity index (χ3v) is 5.27. The van der Waals surface area contributed by atoms with Crippen molar-refractivity contribution in [3.8, 4) is 11.5 Å². The van der Waals surface area contributed by atoms with Gasteiger partial charge in [-0.25, -0.2) is 0 Å². The van der Waals surface area contributed by atoms with Gasteiger partial charge in [0.05, 0.1) is 17.1 Å². The first-order chi connectivity index (χ1) is 14.1. The number of para-hydroxylation sites is 2. The largest absolute Gasteiger partial charge is 0.486 e. The van der Waals surface area contributed by atoms with Crippen LogP contribution >= 0.6 is 11.8 Å². The van der Waals surface area contributed by atoms with E-state index in [1.807, 2.05) is 6.07 Å². The number of amides is 2. The molecule has 2 amide bonds. The number of carbonyl (C=O) groups is 3. The Labute approximate surface area is 171 Å². The number of hydrogen-bond donors (Lipinski definition) is 1. The molecule has 2 aliphatic heterocycles. The Hall–Kier alpha value is -3.20. The lowest BCUT2D eigenvalue weighted by molar-refractivity contribution is -0.145. The van der Waals surface area contributed by atoms with Crippen molar-refractivity contribution in [2.75, 3.05) is 42.3 Å². The van der Waals surface area contributed by atoms with Crippen LogP contribution in [0.2, 0.25) is 0 Å². The van der Waals surface area contributed by atoms with Crippen molar-refractivity contribution in [1.29, 1.82) is 0 Å². The summed E-state index contributed by atoms with van der Waals surface area (Å²) in [6.07, 6.45) is 0. The van der Waals surface area contributed by atoms with Gasteiger partial charge in [-0.15, -0.1) is 11.8 Å². The number of benzene rings is 2. The van der Waals surface area contributed by atoms with E-state index in [-0.39, 0.29) is 18.2 Å². The number of fused-ring (bicyclic) bond motifs is 2. The normalized spacial score (nSPS) is 14.6. The van der Waals surface area contributed by atoms with Crippen LogP contribution in [-0.4, -0.2) is 49.9 Å². The minimum atomic E-state index is -0.520. The zero-order valence-electron chi connectivity index (χ0n) is 15.4. The van der Waals surface area contributed by atoms with Gasteiger partial charge >= 0.3 is 5.97 Å². The molecule has 0 fully saturated rings. The van der Waals surface area contributed by atoms with Crippen molar-refractivity contribution >= 4 is 40.9 Å². The summed E-state index contributed by atoms with van der Waals surface area (Å²) in [6.45, 7) is 0.466. The molecule has 1 N–H and O–H groups in total. The predicted molar refractivity (Wildman–Crippen MR) is 107 cm³/mol. The quantitative estimate of drug-likeness (QED) is 0.591. The van der Waals surface area contributed by atoms with Crippen LogP contribution in [0.15, 0.2) is 47.4 Å². The third-order valence-electron chi connectivity index (χ3n) is 4.30. The van der Waals surface area contributed by atoms with Gasteiger partial charge < -0.3 is 19.5 Å². The van der Waals surface area contributed by atoms with E-state index < -0.39 is 18.5 Å². The fourth-order valence-corrected chi connectivity index (χ4v) is 3.70. The molecule has 0 spiro atoms. The number of hydrogen-bond acceptors (Lipinski definition) is 7. The molecule has 0 unspecified atom stereocenters. The maximum Gasteiger partial charge on any atom is 0.316 e. The second-order valence-electron chi connectivity index (χ2n) is 6.30. The number of ether oxygens (including phenoxy) is 3. The van der Waals surface area contributed by atoms with E-state index in [0.717, 1.165) is 4.90 Å². The summed E-state index contributed by atoms with van der Waals surface area (Å²) in [7, 11) is 0. The molecule has 4 rings (SSSR count). The molecular formula is C20H18N2O6S. The van der Waals surface area contributed by atoms with Crippen LogP contribution in [0.3, 0.4) is 0 Å². The van der Waals surface area contributed by atoms with Crippen molar-refractivity contribution < 1.29 is 28.6 Å². The zero-order chi connectivity index (χ0) is 20.2. The summed E-state index contributed by atoms with van der Waals surface area (Å²) >= 11 is 1.28. The Morgan fingerprint density at radius 3 is 2.76 bits per heavy atom. The lowest BCUT2D eigenvalue weighted by Gasteiger charge is -2.28. The summed E-state index contributed by atoms with van der Waals surface area (Å²) in [6, 6.07) is 12.4. The van der Waals surface area contributed by atoms with E-state index >= 15 is 0 Å². The molecule has 2 heterocycles. The van der Waals surface area contributed by atoms with Gasteiger partial charge in [0.1, 0.15) is 19.8 Å². The first kappa shape index (κ1) is 19.1. The standard InChI is InChI=1S/C20H18N2O6S/c23-18-10-22(15-4-2-1-3-14(15)21-18)19(24)11-28-20(25)12-29-13-5-6-16-17(9-13)27-8-7-26-16/h1-6,9H,7-8,10-12H2,(H,21,23). The average molecular weight is 414 g/mol. The molecule has 0 bridgehead atoms. The Bertz CT molecular complexity index is 964. The molecule has 0 aromatic heterocycles. The van der Waals surface area contributed by atoms with Crippen molar-refractivity contribution in [2.45, 2.75) is 4.90 Å². The summed E-state index contributed by atoms with van der Waals surface area (Å²) in [4.78, 5) is 38.5. The third kappa shape index (κ3) is 4.45. The minimum absolute atomic E-state index is 0.0456. The van der Waals surface area contributed by atoms with Crippen LogP contribution in [0, 0.1) is 0 Å². The van der Waals surface area contributed by atoms with Crippen LogP contribution in [0.25, 0.3) is 0 Å². The van der Waals surface area contributed by atoms with Gasteiger partial charge in [0.25, 0.3) is 5.91 Å². The van der Waals surface area contributed by atoms with E-state index in [1.165, 1.54) is 16.7 Å². The predicted octanol–water partition coefficient (Wildman–Crippen LogP) is 2.08. The number of carbonyl (C=O) groups excluding carboxylic acids is 3. The molecule has 9 heteroatoms. The maximum absolute atomic E-state index is 12.5. The van der Waals surface area contributed by atoms with Crippen molar-refractivity contribution in [2.24, 2.45) is 0 Å². The number of anilines is 2. The van der Waals surface area contributed by atoms with Gasteiger partial charge in [0.15, 0.2) is 18.1 Å². The summed E-state index contributed by atoms with van der Waals surface area (Å²) in [5, 5.41) is 2.71. The Morgan fingerprint density at radius 1 is 1.10 bits per heavy atom. The van der Waals surface area contributed by atoms with Crippen LogP contribution in [0.4, 0.5) is 11.4 Å². The Balaban J connectivity index is 1.30. The highest BCUT2D eigenvalue weighted by molar-refractivity contribution is 8.00. The van der Waals surface area contributed by atoms with E-state index in [2.05, 4.69) is 5.32 Å². The zero-order valence-corrected chi connectivity index (χ0v) is 16.2. The second kappa shape index (κ2) is 8.44. The summed E-state index contributed by atoms with van der Waals surface area (Å²) in [5.41, 5.74) is 1.14. The van der Waals surface area contributed by atoms with Crippen molar-refractivity contribution in [3.05, 3.63) is 42.5 Å². The highest BCUT2D eigenvalue weighted by atomic mass is 32.2. The fourth-order valence-electron chi connectivity index (χ4n) is 2.97. The van der Waals surface area contributed by atoms with Crippen molar-refractivity contribution in [1.82, 2.24) is 0 Å². The molecule has 2 aliphatic rings. The second-order valence-corrected chi connectivity index (χ2v) is 7.35. The molecule has 8 nitrogen and oxygen atoms in total. The Kier molecular flexibility index (Phi) is 5.57. The van der Waals surface area contributed by atoms with E-state index in [1.54, 1.807) is 36.4 Å². The molecule has 0 radical (unpaired) electrons. The van der Waals surface area contributed by atoms with Gasteiger partial charge in [0, 0.05) is 4.90 Å².